The summed E-state index contributed by atoms with van der Waals surface area (Å²) in [7, 11) is 0. The van der Waals surface area contributed by atoms with Crippen LogP contribution in [0.4, 0.5) is 10.1 Å². The first-order chi connectivity index (χ1) is 7.79. The van der Waals surface area contributed by atoms with Crippen LogP contribution in [0.25, 0.3) is 0 Å². The molecule has 3 N–H and O–H groups in total. The fourth-order valence-electron chi connectivity index (χ4n) is 1.25. The summed E-state index contributed by atoms with van der Waals surface area (Å²) in [5, 5.41) is 2.68. The van der Waals surface area contributed by atoms with Crippen LogP contribution in [0.15, 0.2) is 18.2 Å². The number of benzene rings is 1. The lowest BCUT2D eigenvalue weighted by atomic mass is 10.00. The van der Waals surface area contributed by atoms with Gasteiger partial charge in [0.2, 0.25) is 5.91 Å². The minimum atomic E-state index is -0.369. The van der Waals surface area contributed by atoms with Gasteiger partial charge in [0, 0.05) is 12.0 Å². The van der Waals surface area contributed by atoms with Crippen molar-refractivity contribution in [3.8, 4) is 0 Å². The maximum absolute atomic E-state index is 13.2. The molecule has 0 atom stereocenters. The van der Waals surface area contributed by atoms with Crippen LogP contribution < -0.4 is 11.1 Å². The quantitative estimate of drug-likeness (QED) is 0.821. The summed E-state index contributed by atoms with van der Waals surface area (Å²) in [5.41, 5.74) is 5.93. The number of rotatable bonds is 4. The lowest BCUT2D eigenvalue weighted by Gasteiger charge is -2.17. The maximum atomic E-state index is 13.2. The Bertz CT molecular complexity index is 415. The Balaban J connectivity index is 2.60. The van der Waals surface area contributed by atoms with E-state index in [1.165, 1.54) is 6.07 Å². The van der Waals surface area contributed by atoms with E-state index in [9.17, 15) is 9.18 Å². The van der Waals surface area contributed by atoms with Gasteiger partial charge < -0.3 is 11.1 Å². The Morgan fingerprint density at radius 3 is 2.76 bits per heavy atom. The second-order valence-electron chi connectivity index (χ2n) is 4.64. The summed E-state index contributed by atoms with van der Waals surface area (Å²) in [6.45, 7) is 3.73. The van der Waals surface area contributed by atoms with Gasteiger partial charge in [-0.15, -0.1) is 0 Å². The van der Waals surface area contributed by atoms with E-state index in [0.29, 0.717) is 22.1 Å². The standard InChI is InChI=1S/C12H16FIN2O/c1-12(2,15)7-6-10(17)16-9-5-3-4-8(13)11(9)14/h3-5H,6-7,15H2,1-2H3,(H,16,17). The highest BCUT2D eigenvalue weighted by molar-refractivity contribution is 14.1. The van der Waals surface area contributed by atoms with Gasteiger partial charge in [-0.3, -0.25) is 4.79 Å². The van der Waals surface area contributed by atoms with Gasteiger partial charge in [-0.1, -0.05) is 6.07 Å². The Labute approximate surface area is 114 Å². The van der Waals surface area contributed by atoms with Gasteiger partial charge in [0.15, 0.2) is 0 Å². The predicted molar refractivity (Wildman–Crippen MR) is 75.2 cm³/mol. The van der Waals surface area contributed by atoms with E-state index < -0.39 is 0 Å². The number of hydrogen-bond acceptors (Lipinski definition) is 2. The van der Waals surface area contributed by atoms with Crippen molar-refractivity contribution < 1.29 is 9.18 Å². The molecule has 0 saturated heterocycles. The van der Waals surface area contributed by atoms with Crippen molar-refractivity contribution >= 4 is 34.2 Å². The van der Waals surface area contributed by atoms with Crippen LogP contribution in [0.3, 0.4) is 0 Å². The van der Waals surface area contributed by atoms with Crippen molar-refractivity contribution in [3.63, 3.8) is 0 Å². The number of hydrogen-bond donors (Lipinski definition) is 2. The first kappa shape index (κ1) is 14.4. The van der Waals surface area contributed by atoms with Crippen LogP contribution in [0.5, 0.6) is 0 Å². The Kier molecular flexibility index (Phi) is 4.88. The molecule has 1 aromatic carbocycles. The molecule has 5 heteroatoms. The van der Waals surface area contributed by atoms with Crippen LogP contribution in [0.1, 0.15) is 26.7 Å². The van der Waals surface area contributed by atoms with E-state index in [2.05, 4.69) is 5.32 Å². The van der Waals surface area contributed by atoms with Gasteiger partial charge in [-0.25, -0.2) is 4.39 Å². The largest absolute Gasteiger partial charge is 0.326 e. The van der Waals surface area contributed by atoms with Crippen molar-refractivity contribution in [1.82, 2.24) is 0 Å². The molecule has 0 aliphatic rings. The van der Waals surface area contributed by atoms with Crippen LogP contribution in [-0.4, -0.2) is 11.4 Å². The molecule has 1 rings (SSSR count). The fraction of sp³-hybridized carbons (Fsp3) is 0.417. The number of carbonyl (C=O) groups excluding carboxylic acids is 1. The highest BCUT2D eigenvalue weighted by Gasteiger charge is 2.14. The van der Waals surface area contributed by atoms with Gasteiger partial charge in [0.25, 0.3) is 0 Å². The van der Waals surface area contributed by atoms with Crippen molar-refractivity contribution in [2.24, 2.45) is 5.73 Å². The molecule has 1 amide bonds. The smallest absolute Gasteiger partial charge is 0.224 e. The molecule has 0 aliphatic carbocycles. The number of halogens is 2. The monoisotopic (exact) mass is 350 g/mol. The topological polar surface area (TPSA) is 55.1 Å². The minimum absolute atomic E-state index is 0.146. The second-order valence-corrected chi connectivity index (χ2v) is 5.72. The van der Waals surface area contributed by atoms with Crippen LogP contribution in [0, 0.1) is 9.39 Å². The van der Waals surface area contributed by atoms with Gasteiger partial charge in [0.1, 0.15) is 5.82 Å². The van der Waals surface area contributed by atoms with E-state index >= 15 is 0 Å². The lowest BCUT2D eigenvalue weighted by molar-refractivity contribution is -0.116. The Hall–Kier alpha value is -0.690. The predicted octanol–water partition coefficient (Wildman–Crippen LogP) is 2.89. The molecule has 0 bridgehead atoms. The average Bonchev–Trinajstić information content (AvgIpc) is 2.21. The van der Waals surface area contributed by atoms with Crippen molar-refractivity contribution in [3.05, 3.63) is 27.6 Å². The first-order valence-corrected chi connectivity index (χ1v) is 6.40. The fourth-order valence-corrected chi connectivity index (χ4v) is 1.74. The molecule has 0 heterocycles. The summed E-state index contributed by atoms with van der Waals surface area (Å²) in [4.78, 5) is 11.6. The van der Waals surface area contributed by atoms with Crippen molar-refractivity contribution in [2.75, 3.05) is 5.32 Å². The van der Waals surface area contributed by atoms with Gasteiger partial charge in [-0.05, 0) is 55.0 Å². The molecule has 17 heavy (non-hydrogen) atoms. The zero-order chi connectivity index (χ0) is 13.1. The van der Waals surface area contributed by atoms with Crippen molar-refractivity contribution in [2.45, 2.75) is 32.2 Å². The highest BCUT2D eigenvalue weighted by atomic mass is 127. The molecule has 0 fully saturated rings. The first-order valence-electron chi connectivity index (χ1n) is 5.32. The van der Waals surface area contributed by atoms with Crippen molar-refractivity contribution in [1.29, 1.82) is 0 Å². The van der Waals surface area contributed by atoms with Crippen LogP contribution >= 0.6 is 22.6 Å². The van der Waals surface area contributed by atoms with Crippen LogP contribution in [0.2, 0.25) is 0 Å². The minimum Gasteiger partial charge on any atom is -0.326 e. The molecular weight excluding hydrogens is 334 g/mol. The normalized spacial score (nSPS) is 11.4. The zero-order valence-electron chi connectivity index (χ0n) is 9.89. The van der Waals surface area contributed by atoms with E-state index in [1.807, 2.05) is 36.4 Å². The summed E-state index contributed by atoms with van der Waals surface area (Å²) in [6, 6.07) is 4.61. The molecule has 94 valence electrons. The molecule has 1 aromatic rings. The SMILES string of the molecule is CC(C)(N)CCC(=O)Nc1cccc(F)c1I. The van der Waals surface area contributed by atoms with E-state index in [1.54, 1.807) is 12.1 Å². The zero-order valence-corrected chi connectivity index (χ0v) is 12.0. The number of anilines is 1. The molecule has 0 spiro atoms. The van der Waals surface area contributed by atoms with Gasteiger partial charge >= 0.3 is 0 Å². The molecule has 0 radical (unpaired) electrons. The number of amides is 1. The number of nitrogens with one attached hydrogen (secondary N) is 1. The number of carbonyl (C=O) groups is 1. The Morgan fingerprint density at radius 1 is 1.53 bits per heavy atom. The average molecular weight is 350 g/mol. The van der Waals surface area contributed by atoms with Crippen LogP contribution in [-0.2, 0) is 4.79 Å². The van der Waals surface area contributed by atoms with E-state index in [0.717, 1.165) is 0 Å². The Morgan fingerprint density at radius 2 is 2.18 bits per heavy atom. The second kappa shape index (κ2) is 5.77. The summed E-state index contributed by atoms with van der Waals surface area (Å²) in [5.74, 6) is -0.477. The third-order valence-corrected chi connectivity index (χ3v) is 3.32. The van der Waals surface area contributed by atoms with Gasteiger partial charge in [-0.2, -0.15) is 0 Å². The third kappa shape index (κ3) is 4.99. The van der Waals surface area contributed by atoms with E-state index in [4.69, 9.17) is 5.73 Å². The lowest BCUT2D eigenvalue weighted by Crippen LogP contribution is -2.33. The molecule has 0 unspecified atom stereocenters. The summed E-state index contributed by atoms with van der Waals surface area (Å²) >= 11 is 1.87. The number of nitrogens with two attached hydrogens (primary N) is 1. The van der Waals surface area contributed by atoms with E-state index in [-0.39, 0.29) is 17.3 Å². The summed E-state index contributed by atoms with van der Waals surface area (Å²) < 4.78 is 13.6. The highest BCUT2D eigenvalue weighted by Crippen LogP contribution is 2.21. The molecule has 0 saturated carbocycles. The molecule has 0 aromatic heterocycles. The van der Waals surface area contributed by atoms with Gasteiger partial charge in [0.05, 0.1) is 9.26 Å². The molecule has 0 aliphatic heterocycles. The molecular formula is C12H16FIN2O. The maximum Gasteiger partial charge on any atom is 0.224 e. The third-order valence-electron chi connectivity index (χ3n) is 2.22. The summed E-state index contributed by atoms with van der Waals surface area (Å²) in [6.07, 6.45) is 0.917. The molecule has 3 nitrogen and oxygen atoms in total.